The highest BCUT2D eigenvalue weighted by atomic mass is 16.4. The normalized spacial score (nSPS) is 14.2. The number of H-pyrrole nitrogens is 1. The number of nitrogens with one attached hydrogen (secondary N) is 5. The van der Waals surface area contributed by atoms with Gasteiger partial charge in [-0.1, -0.05) is 18.2 Å². The molecule has 1 aromatic carbocycles. The van der Waals surface area contributed by atoms with Gasteiger partial charge >= 0.3 is 11.9 Å². The summed E-state index contributed by atoms with van der Waals surface area (Å²) in [6, 6.07) is 0.967. The lowest BCUT2D eigenvalue weighted by Gasteiger charge is -2.24. The maximum Gasteiger partial charge on any atom is 0.326 e. The number of aromatic nitrogens is 1. The van der Waals surface area contributed by atoms with Crippen LogP contribution in [0, 0.1) is 0 Å². The minimum Gasteiger partial charge on any atom is -0.481 e. The van der Waals surface area contributed by atoms with Crippen LogP contribution in [0.15, 0.2) is 35.5 Å². The minimum absolute atomic E-state index is 0.0162. The van der Waals surface area contributed by atoms with Gasteiger partial charge in [0.2, 0.25) is 23.6 Å². The lowest BCUT2D eigenvalue weighted by atomic mass is 10.0. The summed E-state index contributed by atoms with van der Waals surface area (Å²) in [5.74, 6) is -6.13. The van der Waals surface area contributed by atoms with Crippen LogP contribution in [0.5, 0.6) is 0 Å². The molecule has 0 unspecified atom stereocenters. The molecule has 0 aliphatic carbocycles. The van der Waals surface area contributed by atoms with Crippen LogP contribution in [0.1, 0.15) is 38.7 Å². The Labute approximate surface area is 252 Å². The number of aliphatic imine (C=N–C) groups is 1. The van der Waals surface area contributed by atoms with Gasteiger partial charge in [0.25, 0.3) is 0 Å². The third kappa shape index (κ3) is 10.9. The van der Waals surface area contributed by atoms with Crippen molar-refractivity contribution in [1.82, 2.24) is 26.3 Å². The van der Waals surface area contributed by atoms with Gasteiger partial charge in [0, 0.05) is 30.1 Å². The number of carbonyl (C=O) groups excluding carboxylic acids is 4. The molecule has 240 valence electrons. The third-order valence-corrected chi connectivity index (χ3v) is 6.53. The zero-order chi connectivity index (χ0) is 33.0. The summed E-state index contributed by atoms with van der Waals surface area (Å²) in [4.78, 5) is 80.7. The molecule has 0 fully saturated rings. The Bertz CT molecular complexity index is 1390. The lowest BCUT2D eigenvalue weighted by molar-refractivity contribution is -0.147. The summed E-state index contributed by atoms with van der Waals surface area (Å²) >= 11 is 0. The van der Waals surface area contributed by atoms with Gasteiger partial charge in [-0.15, -0.1) is 0 Å². The molecule has 44 heavy (non-hydrogen) atoms. The van der Waals surface area contributed by atoms with Gasteiger partial charge in [-0.25, -0.2) is 4.79 Å². The van der Waals surface area contributed by atoms with Crippen molar-refractivity contribution in [1.29, 1.82) is 0 Å². The fourth-order valence-electron chi connectivity index (χ4n) is 4.11. The number of amides is 4. The number of hydrogen-bond donors (Lipinski definition) is 10. The van der Waals surface area contributed by atoms with Gasteiger partial charge < -0.3 is 53.7 Å². The van der Waals surface area contributed by atoms with E-state index in [-0.39, 0.29) is 25.3 Å². The fourth-order valence-corrected chi connectivity index (χ4v) is 4.11. The Morgan fingerprint density at radius 3 is 2.05 bits per heavy atom. The smallest absolute Gasteiger partial charge is 0.326 e. The number of carbonyl (C=O) groups is 6. The molecule has 17 nitrogen and oxygen atoms in total. The molecule has 0 radical (unpaired) electrons. The molecule has 17 heteroatoms. The molecule has 5 atom stereocenters. The average molecular weight is 618 g/mol. The van der Waals surface area contributed by atoms with Gasteiger partial charge in [-0.05, 0) is 38.3 Å². The van der Waals surface area contributed by atoms with E-state index < -0.39 is 72.2 Å². The minimum atomic E-state index is -1.72. The van der Waals surface area contributed by atoms with Crippen LogP contribution in [0.2, 0.25) is 0 Å². The van der Waals surface area contributed by atoms with Crippen molar-refractivity contribution in [2.24, 2.45) is 22.2 Å². The number of rotatable bonds is 17. The monoisotopic (exact) mass is 617 g/mol. The molecule has 2 aromatic rings. The summed E-state index contributed by atoms with van der Waals surface area (Å²) in [5, 5.41) is 28.5. The largest absolute Gasteiger partial charge is 0.481 e. The highest BCUT2D eigenvalue weighted by Gasteiger charge is 2.30. The van der Waals surface area contributed by atoms with Crippen molar-refractivity contribution >= 4 is 52.4 Å². The van der Waals surface area contributed by atoms with Crippen molar-refractivity contribution in [3.8, 4) is 0 Å². The van der Waals surface area contributed by atoms with Gasteiger partial charge in [0.1, 0.15) is 24.2 Å². The van der Waals surface area contributed by atoms with E-state index in [0.717, 1.165) is 10.9 Å². The predicted octanol–water partition coefficient (Wildman–Crippen LogP) is -2.37. The fraction of sp³-hybridized carbons (Fsp3) is 0.444. The highest BCUT2D eigenvalue weighted by molar-refractivity contribution is 5.96. The quantitative estimate of drug-likeness (QED) is 0.0508. The number of carboxylic acids is 2. The molecular weight excluding hydrogens is 578 g/mol. The molecule has 1 heterocycles. The first kappa shape index (κ1) is 35.0. The number of guanidine groups is 1. The molecule has 0 spiro atoms. The first-order valence-corrected chi connectivity index (χ1v) is 13.7. The van der Waals surface area contributed by atoms with E-state index in [1.807, 2.05) is 18.2 Å². The number of benzene rings is 1. The van der Waals surface area contributed by atoms with Crippen LogP contribution < -0.4 is 38.5 Å². The maximum atomic E-state index is 13.3. The zero-order valence-electron chi connectivity index (χ0n) is 24.3. The van der Waals surface area contributed by atoms with E-state index in [0.29, 0.717) is 12.0 Å². The van der Waals surface area contributed by atoms with Crippen LogP contribution in [0.4, 0.5) is 0 Å². The number of fused-ring (bicyclic) bond motifs is 1. The third-order valence-electron chi connectivity index (χ3n) is 6.53. The van der Waals surface area contributed by atoms with Gasteiger partial charge in [0.05, 0.1) is 12.5 Å². The molecule has 0 bridgehead atoms. The summed E-state index contributed by atoms with van der Waals surface area (Å²) in [6.45, 7) is 2.95. The standard InChI is InChI=1S/C27H39N9O8/c1-13(33-24(41)17(28)7-5-9-31-27(29)30)22(39)35-19(10-15-12-32-18-8-4-3-6-16(15)18)25(42)34-14(2)23(40)36-20(26(43)44)11-21(37)38/h3-4,6,8,12-14,17,19-20,32H,5,7,9-11,28H2,1-2H3,(H,33,41)(H,34,42)(H,35,39)(H,36,40)(H,37,38)(H,43,44)(H4,29,30,31)/t13-,14-,17-,19-,20-/m0/s1. The van der Waals surface area contributed by atoms with Crippen molar-refractivity contribution < 1.29 is 39.0 Å². The molecule has 2 rings (SSSR count). The Morgan fingerprint density at radius 1 is 0.864 bits per heavy atom. The van der Waals surface area contributed by atoms with E-state index in [1.165, 1.54) is 13.8 Å². The van der Waals surface area contributed by atoms with E-state index in [1.54, 1.807) is 12.3 Å². The van der Waals surface area contributed by atoms with Crippen molar-refractivity contribution in [3.63, 3.8) is 0 Å². The van der Waals surface area contributed by atoms with E-state index in [2.05, 4.69) is 31.2 Å². The molecule has 0 aliphatic heterocycles. The number of carboxylic acid groups (broad SMARTS) is 2. The molecule has 0 saturated heterocycles. The Morgan fingerprint density at radius 2 is 1.45 bits per heavy atom. The Kier molecular flexibility index (Phi) is 13.1. The number of aliphatic carboxylic acids is 2. The van der Waals surface area contributed by atoms with E-state index in [9.17, 15) is 33.9 Å². The lowest BCUT2D eigenvalue weighted by Crippen LogP contribution is -2.58. The molecule has 0 aliphatic rings. The van der Waals surface area contributed by atoms with Gasteiger partial charge in [0.15, 0.2) is 5.96 Å². The van der Waals surface area contributed by atoms with Crippen molar-refractivity contribution in [2.75, 3.05) is 6.54 Å². The first-order valence-electron chi connectivity index (χ1n) is 13.7. The second-order valence-corrected chi connectivity index (χ2v) is 10.1. The molecule has 13 N–H and O–H groups in total. The average Bonchev–Trinajstić information content (AvgIpc) is 3.36. The van der Waals surface area contributed by atoms with Crippen LogP contribution in [0.25, 0.3) is 10.9 Å². The summed E-state index contributed by atoms with van der Waals surface area (Å²) in [6.07, 6.45) is 1.46. The SMILES string of the molecule is C[C@H](NC(=O)[C@H](Cc1c[nH]c2ccccc12)NC(=O)[C@H](C)NC(=O)[C@@H](N)CCCN=C(N)N)C(=O)N[C@@H](CC(=O)O)C(=O)O. The van der Waals surface area contributed by atoms with E-state index >= 15 is 0 Å². The summed E-state index contributed by atoms with van der Waals surface area (Å²) in [7, 11) is 0. The molecule has 4 amide bonds. The van der Waals surface area contributed by atoms with Crippen molar-refractivity contribution in [3.05, 3.63) is 36.0 Å². The van der Waals surface area contributed by atoms with Gasteiger partial charge in [-0.3, -0.25) is 29.0 Å². The summed E-state index contributed by atoms with van der Waals surface area (Å²) in [5.41, 5.74) is 17.9. The Balaban J connectivity index is 2.14. The number of aromatic amines is 1. The van der Waals surface area contributed by atoms with Crippen LogP contribution >= 0.6 is 0 Å². The van der Waals surface area contributed by atoms with Crippen LogP contribution in [0.3, 0.4) is 0 Å². The van der Waals surface area contributed by atoms with Crippen LogP contribution in [-0.4, -0.2) is 93.5 Å². The second kappa shape index (κ2) is 16.4. The number of nitrogens with zero attached hydrogens (tertiary/aromatic N) is 1. The zero-order valence-corrected chi connectivity index (χ0v) is 24.3. The summed E-state index contributed by atoms with van der Waals surface area (Å²) < 4.78 is 0. The van der Waals surface area contributed by atoms with Gasteiger partial charge in [-0.2, -0.15) is 0 Å². The highest BCUT2D eigenvalue weighted by Crippen LogP contribution is 2.19. The number of para-hydroxylation sites is 1. The van der Waals surface area contributed by atoms with Crippen LogP contribution in [-0.2, 0) is 35.2 Å². The Hall–Kier alpha value is -5.19. The topological polar surface area (TPSA) is 297 Å². The van der Waals surface area contributed by atoms with E-state index in [4.69, 9.17) is 22.3 Å². The first-order chi connectivity index (χ1) is 20.7. The van der Waals surface area contributed by atoms with Crippen molar-refractivity contribution in [2.45, 2.75) is 69.7 Å². The second-order valence-electron chi connectivity index (χ2n) is 10.1. The number of nitrogens with two attached hydrogens (primary N) is 3. The molecule has 1 aromatic heterocycles. The molecule has 0 saturated carbocycles. The maximum absolute atomic E-state index is 13.3. The molecular formula is C27H39N9O8. The number of hydrogen-bond acceptors (Lipinski definition) is 8. The predicted molar refractivity (Wildman–Crippen MR) is 159 cm³/mol.